The number of anilines is 2. The number of aromatic nitrogens is 1. The number of carbonyl (C=O) groups is 2. The second-order valence-corrected chi connectivity index (χ2v) is 8.13. The highest BCUT2D eigenvalue weighted by Crippen LogP contribution is 2.34. The number of methoxy groups -OCH3 is 1. The number of carbonyl (C=O) groups excluding carboxylic acids is 2. The number of ether oxygens (including phenoxy) is 1. The van der Waals surface area contributed by atoms with Crippen LogP contribution < -0.4 is 15.0 Å². The van der Waals surface area contributed by atoms with E-state index in [4.69, 9.17) is 4.74 Å². The van der Waals surface area contributed by atoms with Gasteiger partial charge in [-0.3, -0.25) is 9.59 Å². The molecule has 0 bridgehead atoms. The zero-order valence-corrected chi connectivity index (χ0v) is 17.1. The first kappa shape index (κ1) is 19.4. The molecule has 0 spiro atoms. The largest absolute Gasteiger partial charge is 0.494 e. The third-order valence-electron chi connectivity index (χ3n) is 4.96. The molecule has 0 saturated carbocycles. The number of para-hydroxylation sites is 1. The summed E-state index contributed by atoms with van der Waals surface area (Å²) in [6.45, 7) is 0.701. The summed E-state index contributed by atoms with van der Waals surface area (Å²) in [7, 11) is 1.57. The summed E-state index contributed by atoms with van der Waals surface area (Å²) in [6, 6.07) is 13.5. The highest BCUT2D eigenvalue weighted by Gasteiger charge is 2.24. The summed E-state index contributed by atoms with van der Waals surface area (Å²) in [5, 5.41) is 3.97. The molecule has 0 unspecified atom stereocenters. The lowest BCUT2D eigenvalue weighted by Crippen LogP contribution is -2.24. The lowest BCUT2D eigenvalue weighted by molar-refractivity contribution is -0.117. The fourth-order valence-corrected chi connectivity index (χ4v) is 4.54. The average molecular weight is 410 g/mol. The van der Waals surface area contributed by atoms with Gasteiger partial charge in [0.2, 0.25) is 11.8 Å². The number of aryl methyl sites for hydroxylation is 1. The van der Waals surface area contributed by atoms with E-state index in [1.54, 1.807) is 29.4 Å². The van der Waals surface area contributed by atoms with Crippen LogP contribution in [0, 0.1) is 0 Å². The van der Waals surface area contributed by atoms with Gasteiger partial charge in [0.05, 0.1) is 28.0 Å². The monoisotopic (exact) mass is 409 g/mol. The van der Waals surface area contributed by atoms with Gasteiger partial charge in [-0.25, -0.2) is 4.98 Å². The highest BCUT2D eigenvalue weighted by atomic mass is 32.1. The second kappa shape index (κ2) is 8.61. The number of benzene rings is 2. The van der Waals surface area contributed by atoms with E-state index >= 15 is 0 Å². The molecule has 1 N–H and O–H groups in total. The maximum atomic E-state index is 12.3. The van der Waals surface area contributed by atoms with Crippen molar-refractivity contribution in [2.24, 2.45) is 0 Å². The number of rotatable bonds is 7. The lowest BCUT2D eigenvalue weighted by Gasteiger charge is -2.19. The van der Waals surface area contributed by atoms with Gasteiger partial charge < -0.3 is 15.0 Å². The minimum absolute atomic E-state index is 0.0434. The van der Waals surface area contributed by atoms with Crippen molar-refractivity contribution in [2.75, 3.05) is 23.9 Å². The van der Waals surface area contributed by atoms with E-state index in [2.05, 4.69) is 16.4 Å². The first-order valence-corrected chi connectivity index (χ1v) is 10.6. The van der Waals surface area contributed by atoms with Crippen LogP contribution in [-0.4, -0.2) is 30.5 Å². The summed E-state index contributed by atoms with van der Waals surface area (Å²) in [5.74, 6) is 0.653. The van der Waals surface area contributed by atoms with Crippen molar-refractivity contribution in [1.29, 1.82) is 0 Å². The molecule has 0 atom stereocenters. The summed E-state index contributed by atoms with van der Waals surface area (Å²) in [4.78, 5) is 30.7. The van der Waals surface area contributed by atoms with Crippen molar-refractivity contribution in [3.8, 4) is 5.75 Å². The van der Waals surface area contributed by atoms with Crippen molar-refractivity contribution < 1.29 is 14.3 Å². The van der Waals surface area contributed by atoms with E-state index in [9.17, 15) is 9.59 Å². The molecule has 2 heterocycles. The number of hydrogen-bond acceptors (Lipinski definition) is 5. The Morgan fingerprint density at radius 3 is 2.90 bits per heavy atom. The van der Waals surface area contributed by atoms with Crippen molar-refractivity contribution in [3.63, 3.8) is 0 Å². The molecule has 1 aliphatic heterocycles. The quantitative estimate of drug-likeness (QED) is 0.628. The van der Waals surface area contributed by atoms with E-state index in [0.717, 1.165) is 35.5 Å². The van der Waals surface area contributed by atoms with Gasteiger partial charge in [0.1, 0.15) is 5.75 Å². The number of thiazole rings is 1. The average Bonchev–Trinajstić information content (AvgIpc) is 3.33. The van der Waals surface area contributed by atoms with Crippen LogP contribution in [0.1, 0.15) is 30.7 Å². The third-order valence-corrected chi connectivity index (χ3v) is 6.06. The third kappa shape index (κ3) is 4.40. The van der Waals surface area contributed by atoms with Crippen LogP contribution in [0.15, 0.2) is 42.5 Å². The van der Waals surface area contributed by atoms with Crippen LogP contribution in [-0.2, 0) is 16.0 Å². The van der Waals surface area contributed by atoms with Gasteiger partial charge in [0.25, 0.3) is 0 Å². The molecule has 1 saturated heterocycles. The van der Waals surface area contributed by atoms with Crippen LogP contribution in [0.3, 0.4) is 0 Å². The Hall–Kier alpha value is -2.93. The smallest absolute Gasteiger partial charge is 0.227 e. The summed E-state index contributed by atoms with van der Waals surface area (Å²) in [5.41, 5.74) is 2.44. The van der Waals surface area contributed by atoms with Crippen LogP contribution in [0.25, 0.3) is 10.2 Å². The fraction of sp³-hybridized carbons (Fsp3) is 0.318. The molecule has 1 fully saturated rings. The zero-order valence-electron chi connectivity index (χ0n) is 16.3. The van der Waals surface area contributed by atoms with Crippen LogP contribution >= 0.6 is 11.3 Å². The van der Waals surface area contributed by atoms with E-state index in [0.29, 0.717) is 30.8 Å². The Morgan fingerprint density at radius 1 is 1.28 bits per heavy atom. The lowest BCUT2D eigenvalue weighted by atomic mass is 10.2. The van der Waals surface area contributed by atoms with E-state index in [1.165, 1.54) is 4.70 Å². The molecular formula is C22H23N3O3S. The molecule has 0 radical (unpaired) electrons. The van der Waals surface area contributed by atoms with E-state index < -0.39 is 0 Å². The van der Waals surface area contributed by atoms with E-state index in [-0.39, 0.29) is 11.8 Å². The Morgan fingerprint density at radius 2 is 2.14 bits per heavy atom. The molecule has 3 aromatic rings. The van der Waals surface area contributed by atoms with Crippen LogP contribution in [0.5, 0.6) is 5.75 Å². The Bertz CT molecular complexity index is 1010. The number of fused-ring (bicyclic) bond motifs is 1. The van der Waals surface area contributed by atoms with Gasteiger partial charge in [-0.1, -0.05) is 12.1 Å². The fourth-order valence-electron chi connectivity index (χ4n) is 3.53. The second-order valence-electron chi connectivity index (χ2n) is 7.01. The van der Waals surface area contributed by atoms with Crippen LogP contribution in [0.4, 0.5) is 11.4 Å². The predicted molar refractivity (Wildman–Crippen MR) is 116 cm³/mol. The van der Waals surface area contributed by atoms with Gasteiger partial charge in [0, 0.05) is 31.1 Å². The topological polar surface area (TPSA) is 71.5 Å². The molecule has 2 amide bonds. The first-order chi connectivity index (χ1) is 14.1. The molecule has 4 rings (SSSR count). The van der Waals surface area contributed by atoms with Crippen LogP contribution in [0.2, 0.25) is 0 Å². The standard InChI is InChI=1S/C22H23N3O3S/c1-28-18-14-15(11-12-17(18)25-13-5-10-22(25)27)23-20(26)8-4-9-21-24-16-6-2-3-7-19(16)29-21/h2-3,6-7,11-12,14H,4-5,8-10,13H2,1H3,(H,23,26). The minimum atomic E-state index is -0.0434. The molecule has 1 aromatic heterocycles. The summed E-state index contributed by atoms with van der Waals surface area (Å²) < 4.78 is 6.62. The minimum Gasteiger partial charge on any atom is -0.494 e. The number of nitrogens with one attached hydrogen (secondary N) is 1. The number of amides is 2. The summed E-state index contributed by atoms with van der Waals surface area (Å²) >= 11 is 1.68. The number of hydrogen-bond donors (Lipinski definition) is 1. The van der Waals surface area contributed by atoms with Crippen molar-refractivity contribution in [3.05, 3.63) is 47.5 Å². The molecule has 6 nitrogen and oxygen atoms in total. The molecule has 7 heteroatoms. The van der Waals surface area contributed by atoms with Gasteiger partial charge in [-0.05, 0) is 43.5 Å². The Balaban J connectivity index is 1.33. The van der Waals surface area contributed by atoms with Gasteiger partial charge >= 0.3 is 0 Å². The molecule has 150 valence electrons. The van der Waals surface area contributed by atoms with Crippen molar-refractivity contribution in [2.45, 2.75) is 32.1 Å². The van der Waals surface area contributed by atoms with Crippen molar-refractivity contribution in [1.82, 2.24) is 4.98 Å². The first-order valence-electron chi connectivity index (χ1n) is 9.77. The zero-order chi connectivity index (χ0) is 20.2. The van der Waals surface area contributed by atoms with Crippen molar-refractivity contribution >= 4 is 44.7 Å². The molecule has 29 heavy (non-hydrogen) atoms. The van der Waals surface area contributed by atoms with E-state index in [1.807, 2.05) is 30.3 Å². The normalized spacial score (nSPS) is 13.8. The predicted octanol–water partition coefficient (Wildman–Crippen LogP) is 4.39. The Kier molecular flexibility index (Phi) is 5.76. The van der Waals surface area contributed by atoms with Gasteiger partial charge in [0.15, 0.2) is 0 Å². The molecular weight excluding hydrogens is 386 g/mol. The number of nitrogens with zero attached hydrogens (tertiary/aromatic N) is 2. The van der Waals surface area contributed by atoms with Gasteiger partial charge in [-0.15, -0.1) is 11.3 Å². The maximum absolute atomic E-state index is 12.3. The van der Waals surface area contributed by atoms with Gasteiger partial charge in [-0.2, -0.15) is 0 Å². The SMILES string of the molecule is COc1cc(NC(=O)CCCc2nc3ccccc3s2)ccc1N1CCCC1=O. The molecule has 2 aromatic carbocycles. The Labute approximate surface area is 173 Å². The molecule has 1 aliphatic rings. The summed E-state index contributed by atoms with van der Waals surface area (Å²) in [6.07, 6.45) is 3.37. The molecule has 0 aliphatic carbocycles. The maximum Gasteiger partial charge on any atom is 0.227 e. The highest BCUT2D eigenvalue weighted by molar-refractivity contribution is 7.18.